The van der Waals surface area contributed by atoms with Gasteiger partial charge in [0.05, 0.1) is 0 Å². The highest BCUT2D eigenvalue weighted by atomic mass is 127. The van der Waals surface area contributed by atoms with Crippen LogP contribution < -0.4 is 0 Å². The number of hydrogen-bond donors (Lipinski definition) is 0. The van der Waals surface area contributed by atoms with Crippen molar-refractivity contribution in [2.24, 2.45) is 17.3 Å². The molecular formula is C9H15I. The van der Waals surface area contributed by atoms with E-state index in [0.29, 0.717) is 0 Å². The van der Waals surface area contributed by atoms with Crippen molar-refractivity contribution < 1.29 is 0 Å². The van der Waals surface area contributed by atoms with Crippen LogP contribution in [-0.2, 0) is 0 Å². The minimum Gasteiger partial charge on any atom is -0.0857 e. The van der Waals surface area contributed by atoms with Gasteiger partial charge in [-0.25, -0.2) is 0 Å². The van der Waals surface area contributed by atoms with Gasteiger partial charge in [0.2, 0.25) is 0 Å². The van der Waals surface area contributed by atoms with Gasteiger partial charge in [0.25, 0.3) is 0 Å². The maximum Gasteiger partial charge on any atom is 0.00572 e. The molecule has 0 amide bonds. The third kappa shape index (κ3) is 0.730. The van der Waals surface area contributed by atoms with Gasteiger partial charge in [0.15, 0.2) is 0 Å². The third-order valence-electron chi connectivity index (χ3n) is 3.95. The van der Waals surface area contributed by atoms with E-state index in [1.165, 1.54) is 30.1 Å². The highest BCUT2D eigenvalue weighted by Crippen LogP contribution is 2.61. The van der Waals surface area contributed by atoms with Crippen LogP contribution in [0, 0.1) is 17.3 Å². The van der Waals surface area contributed by atoms with Gasteiger partial charge in [-0.05, 0) is 42.9 Å². The highest BCUT2D eigenvalue weighted by molar-refractivity contribution is 14.1. The molecule has 2 aliphatic carbocycles. The standard InChI is InChI=1S/C9H15I/c1-7-2-3-8-4-5-9(7,8)6-10/h7-8H,2-6H2,1H3. The second kappa shape index (κ2) is 2.36. The molecular weight excluding hydrogens is 235 g/mol. The molecule has 0 saturated heterocycles. The quantitative estimate of drug-likeness (QED) is 0.495. The number of alkyl halides is 1. The number of rotatable bonds is 1. The molecule has 0 bridgehead atoms. The normalized spacial score (nSPS) is 52.2. The summed E-state index contributed by atoms with van der Waals surface area (Å²) in [6.07, 6.45) is 6.10. The molecule has 2 saturated carbocycles. The number of halogens is 1. The van der Waals surface area contributed by atoms with Crippen molar-refractivity contribution >= 4 is 22.6 Å². The summed E-state index contributed by atoms with van der Waals surface area (Å²) in [6, 6.07) is 0. The molecule has 58 valence electrons. The Morgan fingerprint density at radius 3 is 2.50 bits per heavy atom. The van der Waals surface area contributed by atoms with E-state index in [1.54, 1.807) is 0 Å². The third-order valence-corrected chi connectivity index (χ3v) is 5.37. The number of hydrogen-bond acceptors (Lipinski definition) is 0. The zero-order valence-electron chi connectivity index (χ0n) is 6.57. The van der Waals surface area contributed by atoms with E-state index in [1.807, 2.05) is 0 Å². The van der Waals surface area contributed by atoms with Gasteiger partial charge in [0, 0.05) is 4.43 Å². The molecule has 2 fully saturated rings. The maximum atomic E-state index is 2.59. The van der Waals surface area contributed by atoms with Crippen LogP contribution in [-0.4, -0.2) is 4.43 Å². The van der Waals surface area contributed by atoms with Gasteiger partial charge in [0.1, 0.15) is 0 Å². The van der Waals surface area contributed by atoms with E-state index in [-0.39, 0.29) is 0 Å². The zero-order chi connectivity index (χ0) is 7.19. The molecule has 0 aromatic heterocycles. The van der Waals surface area contributed by atoms with Gasteiger partial charge in [-0.1, -0.05) is 29.5 Å². The maximum absolute atomic E-state index is 2.59. The summed E-state index contributed by atoms with van der Waals surface area (Å²) in [5, 5.41) is 0. The lowest BCUT2D eigenvalue weighted by molar-refractivity contribution is 0.0575. The summed E-state index contributed by atoms with van der Waals surface area (Å²) >= 11 is 2.59. The molecule has 2 aliphatic rings. The predicted molar refractivity (Wildman–Crippen MR) is 52.4 cm³/mol. The molecule has 0 N–H and O–H groups in total. The average molecular weight is 250 g/mol. The average Bonchev–Trinajstić information content (AvgIpc) is 2.06. The first-order valence-corrected chi connectivity index (χ1v) is 5.88. The van der Waals surface area contributed by atoms with Crippen molar-refractivity contribution in [1.82, 2.24) is 0 Å². The summed E-state index contributed by atoms with van der Waals surface area (Å²) in [7, 11) is 0. The molecule has 0 aromatic rings. The largest absolute Gasteiger partial charge is 0.0857 e. The fourth-order valence-electron chi connectivity index (χ4n) is 2.85. The second-order valence-electron chi connectivity index (χ2n) is 4.08. The second-order valence-corrected chi connectivity index (χ2v) is 4.84. The lowest BCUT2D eigenvalue weighted by atomic mass is 9.60. The van der Waals surface area contributed by atoms with E-state index < -0.39 is 0 Å². The Balaban J connectivity index is 2.17. The Labute approximate surface area is 76.9 Å². The first-order valence-electron chi connectivity index (χ1n) is 4.35. The first kappa shape index (κ1) is 7.38. The topological polar surface area (TPSA) is 0 Å². The van der Waals surface area contributed by atoms with Gasteiger partial charge < -0.3 is 0 Å². The Morgan fingerprint density at radius 2 is 2.20 bits per heavy atom. The van der Waals surface area contributed by atoms with E-state index in [0.717, 1.165) is 17.3 Å². The molecule has 0 nitrogen and oxygen atoms in total. The summed E-state index contributed by atoms with van der Waals surface area (Å²) in [5.41, 5.74) is 0.820. The van der Waals surface area contributed by atoms with E-state index in [2.05, 4.69) is 29.5 Å². The summed E-state index contributed by atoms with van der Waals surface area (Å²) in [4.78, 5) is 0. The fourth-order valence-corrected chi connectivity index (χ4v) is 4.60. The Morgan fingerprint density at radius 1 is 1.40 bits per heavy atom. The lowest BCUT2D eigenvalue weighted by Crippen LogP contribution is -2.41. The highest BCUT2D eigenvalue weighted by Gasteiger charge is 2.52. The van der Waals surface area contributed by atoms with Gasteiger partial charge >= 0.3 is 0 Å². The predicted octanol–water partition coefficient (Wildman–Crippen LogP) is 3.25. The van der Waals surface area contributed by atoms with Crippen LogP contribution >= 0.6 is 22.6 Å². The minimum absolute atomic E-state index is 0.820. The molecule has 0 spiro atoms. The van der Waals surface area contributed by atoms with Crippen LogP contribution in [0.3, 0.4) is 0 Å². The van der Waals surface area contributed by atoms with Crippen LogP contribution in [0.15, 0.2) is 0 Å². The van der Waals surface area contributed by atoms with Crippen molar-refractivity contribution in [1.29, 1.82) is 0 Å². The van der Waals surface area contributed by atoms with Crippen molar-refractivity contribution in [2.45, 2.75) is 32.6 Å². The molecule has 0 radical (unpaired) electrons. The fraction of sp³-hybridized carbons (Fsp3) is 1.00. The smallest absolute Gasteiger partial charge is 0.00572 e. The molecule has 0 heterocycles. The molecule has 3 atom stereocenters. The minimum atomic E-state index is 0.820. The number of fused-ring (bicyclic) bond motifs is 1. The van der Waals surface area contributed by atoms with Crippen molar-refractivity contribution in [3.05, 3.63) is 0 Å². The molecule has 0 aliphatic heterocycles. The van der Waals surface area contributed by atoms with Crippen LogP contribution in [0.5, 0.6) is 0 Å². The molecule has 10 heavy (non-hydrogen) atoms. The van der Waals surface area contributed by atoms with Crippen LogP contribution in [0.4, 0.5) is 0 Å². The van der Waals surface area contributed by atoms with Crippen molar-refractivity contribution in [2.75, 3.05) is 4.43 Å². The zero-order valence-corrected chi connectivity index (χ0v) is 8.73. The van der Waals surface area contributed by atoms with E-state index in [4.69, 9.17) is 0 Å². The summed E-state index contributed by atoms with van der Waals surface area (Å²) in [5.74, 6) is 2.16. The SMILES string of the molecule is CC1CCC2CCC12CI. The first-order chi connectivity index (χ1) is 4.79. The molecule has 0 aromatic carbocycles. The van der Waals surface area contributed by atoms with Gasteiger partial charge in [-0.3, -0.25) is 0 Å². The summed E-state index contributed by atoms with van der Waals surface area (Å²) < 4.78 is 1.41. The van der Waals surface area contributed by atoms with Crippen LogP contribution in [0.25, 0.3) is 0 Å². The molecule has 3 unspecified atom stereocenters. The Hall–Kier alpha value is 0.730. The summed E-state index contributed by atoms with van der Waals surface area (Å²) in [6.45, 7) is 2.46. The van der Waals surface area contributed by atoms with Gasteiger partial charge in [-0.2, -0.15) is 0 Å². The van der Waals surface area contributed by atoms with Crippen molar-refractivity contribution in [3.8, 4) is 0 Å². The molecule has 2 rings (SSSR count). The monoisotopic (exact) mass is 250 g/mol. The lowest BCUT2D eigenvalue weighted by Gasteiger charge is -2.47. The van der Waals surface area contributed by atoms with Crippen LogP contribution in [0.2, 0.25) is 0 Å². The van der Waals surface area contributed by atoms with E-state index >= 15 is 0 Å². The van der Waals surface area contributed by atoms with Gasteiger partial charge in [-0.15, -0.1) is 0 Å². The van der Waals surface area contributed by atoms with Crippen molar-refractivity contribution in [3.63, 3.8) is 0 Å². The van der Waals surface area contributed by atoms with E-state index in [9.17, 15) is 0 Å². The molecule has 1 heteroatoms. The Kier molecular flexibility index (Phi) is 1.74. The van der Waals surface area contributed by atoms with Crippen LogP contribution in [0.1, 0.15) is 32.6 Å². The Bertz CT molecular complexity index is 132.